The largest absolute Gasteiger partial charge is 0.310 e. The standard InChI is InChI=1S/C39H28FN/c1-39(2)37-30-13-7-6-10-25(30)16-22-34(37)36-32-15-9-8-14-31(32)35-24-29(21-23-33(35)38(36)39)41(27-11-4-3-5-12-27)28-19-17-26(40)18-20-28/h3-24H,1-2H3. The zero-order chi connectivity index (χ0) is 27.7. The molecule has 1 nitrogen and oxygen atoms in total. The molecule has 41 heavy (non-hydrogen) atoms. The van der Waals surface area contributed by atoms with Gasteiger partial charge in [-0.2, -0.15) is 0 Å². The number of benzene rings is 7. The number of hydrogen-bond donors (Lipinski definition) is 0. The zero-order valence-electron chi connectivity index (χ0n) is 23.0. The molecule has 0 N–H and O–H groups in total. The Kier molecular flexibility index (Phi) is 5.11. The van der Waals surface area contributed by atoms with E-state index in [1.807, 2.05) is 30.3 Å². The highest BCUT2D eigenvalue weighted by Gasteiger charge is 2.39. The average molecular weight is 530 g/mol. The lowest BCUT2D eigenvalue weighted by Gasteiger charge is -2.28. The van der Waals surface area contributed by atoms with Crippen LogP contribution in [0.25, 0.3) is 43.4 Å². The summed E-state index contributed by atoms with van der Waals surface area (Å²) >= 11 is 0. The van der Waals surface area contributed by atoms with Crippen LogP contribution in [0, 0.1) is 5.82 Å². The molecular weight excluding hydrogens is 501 g/mol. The Morgan fingerprint density at radius 2 is 1.12 bits per heavy atom. The zero-order valence-corrected chi connectivity index (χ0v) is 23.0. The quantitative estimate of drug-likeness (QED) is 0.206. The van der Waals surface area contributed by atoms with Crippen LogP contribution in [-0.4, -0.2) is 0 Å². The summed E-state index contributed by atoms with van der Waals surface area (Å²) in [4.78, 5) is 2.20. The fourth-order valence-corrected chi connectivity index (χ4v) is 7.14. The van der Waals surface area contributed by atoms with E-state index in [4.69, 9.17) is 0 Å². The summed E-state index contributed by atoms with van der Waals surface area (Å²) in [6, 6.07) is 46.0. The molecule has 0 spiro atoms. The molecule has 2 heteroatoms. The molecular formula is C39H28FN. The van der Waals surface area contributed by atoms with E-state index in [1.54, 1.807) is 0 Å². The van der Waals surface area contributed by atoms with Crippen molar-refractivity contribution in [3.63, 3.8) is 0 Å². The molecule has 7 aromatic rings. The second kappa shape index (κ2) is 8.78. The number of fused-ring (bicyclic) bond motifs is 10. The normalized spacial score (nSPS) is 13.4. The molecule has 1 aliphatic rings. The molecule has 0 radical (unpaired) electrons. The maximum absolute atomic E-state index is 13.9. The van der Waals surface area contributed by atoms with E-state index in [-0.39, 0.29) is 11.2 Å². The van der Waals surface area contributed by atoms with Gasteiger partial charge in [0.25, 0.3) is 0 Å². The Labute approximate surface area is 239 Å². The monoisotopic (exact) mass is 529 g/mol. The van der Waals surface area contributed by atoms with Gasteiger partial charge in [-0.25, -0.2) is 4.39 Å². The number of rotatable bonds is 3. The summed E-state index contributed by atoms with van der Waals surface area (Å²) in [6.45, 7) is 4.75. The minimum Gasteiger partial charge on any atom is -0.310 e. The van der Waals surface area contributed by atoms with E-state index < -0.39 is 0 Å². The minimum absolute atomic E-state index is 0.175. The molecule has 196 valence electrons. The third-order valence-electron chi connectivity index (χ3n) is 8.81. The molecule has 1 aliphatic carbocycles. The van der Waals surface area contributed by atoms with Gasteiger partial charge in [-0.05, 0) is 103 Å². The van der Waals surface area contributed by atoms with Gasteiger partial charge in [-0.1, -0.05) is 98.8 Å². The Balaban J connectivity index is 1.44. The number of halogens is 1. The van der Waals surface area contributed by atoms with Crippen LogP contribution in [0.2, 0.25) is 0 Å². The number of nitrogens with zero attached hydrogens (tertiary/aromatic N) is 1. The molecule has 7 aromatic carbocycles. The number of para-hydroxylation sites is 1. The van der Waals surface area contributed by atoms with E-state index in [0.29, 0.717) is 0 Å². The van der Waals surface area contributed by atoms with Crippen molar-refractivity contribution in [3.8, 4) is 11.1 Å². The number of hydrogen-bond acceptors (Lipinski definition) is 1. The third-order valence-corrected chi connectivity index (χ3v) is 8.81. The van der Waals surface area contributed by atoms with Gasteiger partial charge in [0.05, 0.1) is 0 Å². The summed E-state index contributed by atoms with van der Waals surface area (Å²) in [7, 11) is 0. The first-order valence-corrected chi connectivity index (χ1v) is 14.1. The van der Waals surface area contributed by atoms with Gasteiger partial charge in [0.2, 0.25) is 0 Å². The Hall–Kier alpha value is -4.95. The summed E-state index contributed by atoms with van der Waals surface area (Å²) in [6.07, 6.45) is 0. The molecule has 0 saturated carbocycles. The smallest absolute Gasteiger partial charge is 0.123 e. The molecule has 0 atom stereocenters. The molecule has 0 amide bonds. The van der Waals surface area contributed by atoms with Crippen molar-refractivity contribution in [1.82, 2.24) is 0 Å². The Bertz CT molecular complexity index is 2120. The van der Waals surface area contributed by atoms with Crippen molar-refractivity contribution in [1.29, 1.82) is 0 Å². The molecule has 0 heterocycles. The van der Waals surface area contributed by atoms with Crippen LogP contribution >= 0.6 is 0 Å². The molecule has 0 bridgehead atoms. The van der Waals surface area contributed by atoms with Crippen LogP contribution < -0.4 is 4.90 Å². The molecule has 0 saturated heterocycles. The van der Waals surface area contributed by atoms with Crippen LogP contribution in [0.1, 0.15) is 25.0 Å². The summed E-state index contributed by atoms with van der Waals surface area (Å²) < 4.78 is 13.9. The van der Waals surface area contributed by atoms with E-state index >= 15 is 0 Å². The van der Waals surface area contributed by atoms with Crippen molar-refractivity contribution in [3.05, 3.63) is 150 Å². The van der Waals surface area contributed by atoms with E-state index in [1.165, 1.54) is 66.7 Å². The van der Waals surface area contributed by atoms with Crippen molar-refractivity contribution >= 4 is 49.4 Å². The van der Waals surface area contributed by atoms with Crippen LogP contribution in [0.5, 0.6) is 0 Å². The fourth-order valence-electron chi connectivity index (χ4n) is 7.14. The van der Waals surface area contributed by atoms with Gasteiger partial charge in [-0.15, -0.1) is 0 Å². The van der Waals surface area contributed by atoms with Gasteiger partial charge >= 0.3 is 0 Å². The van der Waals surface area contributed by atoms with E-state index in [0.717, 1.165) is 17.1 Å². The van der Waals surface area contributed by atoms with Crippen LogP contribution in [0.15, 0.2) is 133 Å². The lowest BCUT2D eigenvalue weighted by molar-refractivity contribution is 0.628. The van der Waals surface area contributed by atoms with Crippen LogP contribution in [0.4, 0.5) is 21.5 Å². The van der Waals surface area contributed by atoms with Gasteiger partial charge in [0.1, 0.15) is 5.82 Å². The second-order valence-electron chi connectivity index (χ2n) is 11.5. The van der Waals surface area contributed by atoms with Gasteiger partial charge < -0.3 is 4.90 Å². The highest BCUT2D eigenvalue weighted by Crippen LogP contribution is 2.56. The Morgan fingerprint density at radius 3 is 1.90 bits per heavy atom. The predicted molar refractivity (Wildman–Crippen MR) is 171 cm³/mol. The fraction of sp³-hybridized carbons (Fsp3) is 0.0769. The topological polar surface area (TPSA) is 3.24 Å². The van der Waals surface area contributed by atoms with Gasteiger partial charge in [0.15, 0.2) is 0 Å². The SMILES string of the molecule is CC1(C)c2c(ccc3ccccc23)-c2c1c1ccc(N(c3ccccc3)c3ccc(F)cc3)cc1c1ccccc21. The minimum atomic E-state index is -0.240. The molecule has 0 aliphatic heterocycles. The van der Waals surface area contributed by atoms with Crippen LogP contribution in [0.3, 0.4) is 0 Å². The summed E-state index contributed by atoms with van der Waals surface area (Å²) in [5.41, 5.74) is 8.30. The lowest BCUT2D eigenvalue weighted by Crippen LogP contribution is -2.16. The lowest BCUT2D eigenvalue weighted by atomic mass is 9.78. The summed E-state index contributed by atoms with van der Waals surface area (Å²) in [5.74, 6) is -0.240. The second-order valence-corrected chi connectivity index (χ2v) is 11.5. The van der Waals surface area contributed by atoms with Crippen molar-refractivity contribution < 1.29 is 4.39 Å². The molecule has 0 unspecified atom stereocenters. The van der Waals surface area contributed by atoms with Gasteiger partial charge in [0, 0.05) is 22.5 Å². The first-order valence-electron chi connectivity index (χ1n) is 14.1. The van der Waals surface area contributed by atoms with Crippen molar-refractivity contribution in [2.75, 3.05) is 4.90 Å². The van der Waals surface area contributed by atoms with Crippen LogP contribution in [-0.2, 0) is 5.41 Å². The first-order chi connectivity index (χ1) is 20.0. The van der Waals surface area contributed by atoms with Gasteiger partial charge in [-0.3, -0.25) is 0 Å². The summed E-state index contributed by atoms with van der Waals surface area (Å²) in [5, 5.41) is 7.63. The predicted octanol–water partition coefficient (Wildman–Crippen LogP) is 11.1. The third kappa shape index (κ3) is 3.47. The highest BCUT2D eigenvalue weighted by molar-refractivity contribution is 6.20. The van der Waals surface area contributed by atoms with Crippen molar-refractivity contribution in [2.24, 2.45) is 0 Å². The first kappa shape index (κ1) is 23.9. The highest BCUT2D eigenvalue weighted by atomic mass is 19.1. The van der Waals surface area contributed by atoms with E-state index in [2.05, 4.69) is 110 Å². The maximum atomic E-state index is 13.9. The molecule has 0 aromatic heterocycles. The average Bonchev–Trinajstić information content (AvgIpc) is 3.26. The van der Waals surface area contributed by atoms with Crippen molar-refractivity contribution in [2.45, 2.75) is 19.3 Å². The Morgan fingerprint density at radius 1 is 0.488 bits per heavy atom. The number of anilines is 3. The molecule has 8 rings (SSSR count). The van der Waals surface area contributed by atoms with E-state index in [9.17, 15) is 4.39 Å². The maximum Gasteiger partial charge on any atom is 0.123 e. The molecule has 0 fully saturated rings.